The second kappa shape index (κ2) is 7.30. The summed E-state index contributed by atoms with van der Waals surface area (Å²) in [4.78, 5) is 5.99. The highest BCUT2D eigenvalue weighted by atomic mass is 14.8. The molecule has 4 heteroatoms. The minimum atomic E-state index is 0.286. The summed E-state index contributed by atoms with van der Waals surface area (Å²) >= 11 is 0. The van der Waals surface area contributed by atoms with Gasteiger partial charge in [-0.3, -0.25) is 0 Å². The van der Waals surface area contributed by atoms with Gasteiger partial charge in [-0.25, -0.2) is 0 Å². The van der Waals surface area contributed by atoms with Crippen LogP contribution in [-0.2, 0) is 6.42 Å². The maximum atomic E-state index is 8.39. The second-order valence-electron chi connectivity index (χ2n) is 3.62. The van der Waals surface area contributed by atoms with Gasteiger partial charge in [-0.15, -0.1) is 0 Å². The van der Waals surface area contributed by atoms with Gasteiger partial charge in [0.15, 0.2) is 0 Å². The Bertz CT molecular complexity index is 380. The molecule has 16 heavy (non-hydrogen) atoms. The molecular weight excluding hydrogens is 200 g/mol. The van der Waals surface area contributed by atoms with Crippen LogP contribution in [-0.4, -0.2) is 22.0 Å². The molecule has 0 saturated heterocycles. The van der Waals surface area contributed by atoms with E-state index in [1.807, 2.05) is 18.2 Å². The molecule has 82 valence electrons. The van der Waals surface area contributed by atoms with Crippen molar-refractivity contribution in [3.05, 3.63) is 47.0 Å². The molecule has 1 aromatic rings. The Labute approximate surface area is 94.8 Å². The summed E-state index contributed by atoms with van der Waals surface area (Å²) in [6.07, 6.45) is 5.14. The molecule has 0 radical (unpaired) electrons. The van der Waals surface area contributed by atoms with Gasteiger partial charge in [0, 0.05) is 12.8 Å². The van der Waals surface area contributed by atoms with Crippen molar-refractivity contribution in [1.29, 1.82) is 0 Å². The van der Waals surface area contributed by atoms with E-state index in [1.165, 1.54) is 18.0 Å². The predicted octanol–water partition coefficient (Wildman–Crippen LogP) is 2.23. The molecule has 0 spiro atoms. The van der Waals surface area contributed by atoms with Crippen molar-refractivity contribution in [2.45, 2.75) is 19.3 Å². The molecule has 0 aliphatic rings. The van der Waals surface area contributed by atoms with E-state index in [4.69, 9.17) is 11.1 Å². The van der Waals surface area contributed by atoms with Gasteiger partial charge in [0.05, 0.1) is 0 Å². The molecule has 0 aliphatic heterocycles. The van der Waals surface area contributed by atoms with E-state index in [-0.39, 0.29) is 5.92 Å². The fraction of sp³-hybridized carbons (Fsp3) is 0.333. The summed E-state index contributed by atoms with van der Waals surface area (Å²) in [5.41, 5.74) is 18.0. The highest BCUT2D eigenvalue weighted by molar-refractivity contribution is 5.55. The van der Waals surface area contributed by atoms with Gasteiger partial charge in [0.1, 0.15) is 0 Å². The van der Waals surface area contributed by atoms with E-state index in [0.717, 1.165) is 6.42 Å². The molecule has 0 aromatic heterocycles. The van der Waals surface area contributed by atoms with Crippen LogP contribution in [0.15, 0.2) is 30.3 Å². The SMILES string of the molecule is [N-]=[N+]=CCC(CC=[N+]=[N-])Cc1ccccc1. The van der Waals surface area contributed by atoms with Crippen LogP contribution in [0.2, 0.25) is 0 Å². The normalized spacial score (nSPS) is 11.0. The van der Waals surface area contributed by atoms with Crippen molar-refractivity contribution in [1.82, 2.24) is 0 Å². The van der Waals surface area contributed by atoms with E-state index in [1.54, 1.807) is 0 Å². The Morgan fingerprint density at radius 3 is 2.06 bits per heavy atom. The molecule has 0 saturated carbocycles. The zero-order valence-electron chi connectivity index (χ0n) is 9.03. The van der Waals surface area contributed by atoms with E-state index in [9.17, 15) is 0 Å². The van der Waals surface area contributed by atoms with E-state index in [0.29, 0.717) is 12.8 Å². The Kier molecular flexibility index (Phi) is 5.49. The van der Waals surface area contributed by atoms with E-state index in [2.05, 4.69) is 21.7 Å². The average molecular weight is 214 g/mol. The van der Waals surface area contributed by atoms with Gasteiger partial charge in [0.25, 0.3) is 12.4 Å². The minimum Gasteiger partial charge on any atom is -0.362 e. The van der Waals surface area contributed by atoms with Crippen LogP contribution in [0.25, 0.3) is 11.1 Å². The quantitative estimate of drug-likeness (QED) is 0.395. The average Bonchev–Trinajstić information content (AvgIpc) is 2.34. The Balaban J connectivity index is 2.62. The standard InChI is InChI=1S/C12H14N4/c13-15-8-6-12(7-9-16-14)10-11-4-2-1-3-5-11/h1-5,8-9,12H,6-7,10H2. The van der Waals surface area contributed by atoms with Gasteiger partial charge in [-0.2, -0.15) is 9.58 Å². The topological polar surface area (TPSA) is 72.8 Å². The summed E-state index contributed by atoms with van der Waals surface area (Å²) in [5.74, 6) is 0.286. The van der Waals surface area contributed by atoms with Crippen molar-refractivity contribution < 1.29 is 9.58 Å². The molecule has 0 unspecified atom stereocenters. The van der Waals surface area contributed by atoms with Crippen molar-refractivity contribution in [3.63, 3.8) is 0 Å². The van der Waals surface area contributed by atoms with Crippen LogP contribution in [0, 0.1) is 5.92 Å². The first-order chi connectivity index (χ1) is 7.86. The van der Waals surface area contributed by atoms with Crippen molar-refractivity contribution in [3.8, 4) is 0 Å². The molecule has 0 amide bonds. The smallest absolute Gasteiger partial charge is 0.257 e. The molecule has 4 nitrogen and oxygen atoms in total. The summed E-state index contributed by atoms with van der Waals surface area (Å²) in [6.45, 7) is 0. The van der Waals surface area contributed by atoms with Gasteiger partial charge < -0.3 is 11.1 Å². The predicted molar refractivity (Wildman–Crippen MR) is 62.2 cm³/mol. The fourth-order valence-corrected chi connectivity index (χ4v) is 1.60. The summed E-state index contributed by atoms with van der Waals surface area (Å²) in [7, 11) is 0. The molecule has 0 fully saturated rings. The number of hydrogen-bond donors (Lipinski definition) is 0. The first kappa shape index (κ1) is 12.1. The Morgan fingerprint density at radius 1 is 1.00 bits per heavy atom. The Hall–Kier alpha value is -2.02. The maximum absolute atomic E-state index is 8.39. The third-order valence-corrected chi connectivity index (χ3v) is 2.41. The largest absolute Gasteiger partial charge is 0.362 e. The van der Waals surface area contributed by atoms with Crippen LogP contribution < -0.4 is 0 Å². The van der Waals surface area contributed by atoms with Gasteiger partial charge in [0.2, 0.25) is 0 Å². The zero-order valence-corrected chi connectivity index (χ0v) is 9.03. The fourth-order valence-electron chi connectivity index (χ4n) is 1.60. The minimum absolute atomic E-state index is 0.286. The lowest BCUT2D eigenvalue weighted by Crippen LogP contribution is -2.06. The lowest BCUT2D eigenvalue weighted by Gasteiger charge is -2.08. The molecule has 0 aliphatic carbocycles. The van der Waals surface area contributed by atoms with Gasteiger partial charge in [-0.05, 0) is 17.9 Å². The van der Waals surface area contributed by atoms with Crippen LogP contribution in [0.4, 0.5) is 0 Å². The van der Waals surface area contributed by atoms with E-state index >= 15 is 0 Å². The molecule has 0 heterocycles. The monoisotopic (exact) mass is 214 g/mol. The lowest BCUT2D eigenvalue weighted by molar-refractivity contribution is -0.00283. The number of hydrogen-bond acceptors (Lipinski definition) is 0. The van der Waals surface area contributed by atoms with Crippen LogP contribution in [0.1, 0.15) is 18.4 Å². The first-order valence-electron chi connectivity index (χ1n) is 5.22. The molecule has 0 N–H and O–H groups in total. The second-order valence-corrected chi connectivity index (χ2v) is 3.62. The van der Waals surface area contributed by atoms with Crippen molar-refractivity contribution in [2.75, 3.05) is 0 Å². The third-order valence-electron chi connectivity index (χ3n) is 2.41. The summed E-state index contributed by atoms with van der Waals surface area (Å²) in [6, 6.07) is 10.1. The maximum Gasteiger partial charge on any atom is 0.257 e. The van der Waals surface area contributed by atoms with Gasteiger partial charge >= 0.3 is 0 Å². The zero-order chi connectivity index (χ0) is 11.6. The molecule has 0 bridgehead atoms. The first-order valence-corrected chi connectivity index (χ1v) is 5.22. The molecule has 0 atom stereocenters. The third kappa shape index (κ3) is 4.47. The van der Waals surface area contributed by atoms with Crippen molar-refractivity contribution in [2.24, 2.45) is 5.92 Å². The molecule has 1 rings (SSSR count). The number of nitrogens with zero attached hydrogens (tertiary/aromatic N) is 4. The summed E-state index contributed by atoms with van der Waals surface area (Å²) in [5, 5.41) is 0. The molecule has 1 aromatic carbocycles. The van der Waals surface area contributed by atoms with Crippen LogP contribution >= 0.6 is 0 Å². The van der Waals surface area contributed by atoms with Crippen LogP contribution in [0.5, 0.6) is 0 Å². The lowest BCUT2D eigenvalue weighted by atomic mass is 9.94. The summed E-state index contributed by atoms with van der Waals surface area (Å²) < 4.78 is 0. The van der Waals surface area contributed by atoms with Crippen LogP contribution in [0.3, 0.4) is 0 Å². The number of benzene rings is 1. The number of rotatable bonds is 6. The Morgan fingerprint density at radius 2 is 1.56 bits per heavy atom. The van der Waals surface area contributed by atoms with Gasteiger partial charge in [-0.1, -0.05) is 30.3 Å². The van der Waals surface area contributed by atoms with Crippen molar-refractivity contribution >= 4 is 12.4 Å². The van der Waals surface area contributed by atoms with E-state index < -0.39 is 0 Å². The molecular formula is C12H14N4. The highest BCUT2D eigenvalue weighted by Gasteiger charge is 2.11. The highest BCUT2D eigenvalue weighted by Crippen LogP contribution is 2.13.